The summed E-state index contributed by atoms with van der Waals surface area (Å²) in [6.45, 7) is 6.42. The molecule has 0 fully saturated rings. The first-order valence-corrected chi connectivity index (χ1v) is 10.1. The van der Waals surface area contributed by atoms with Gasteiger partial charge in [0.2, 0.25) is 0 Å². The van der Waals surface area contributed by atoms with Gasteiger partial charge in [0.1, 0.15) is 5.75 Å². The largest absolute Gasteiger partial charge is 0.462 e. The van der Waals surface area contributed by atoms with Crippen LogP contribution in [0.1, 0.15) is 65.8 Å². The normalized spacial score (nSPS) is 11.7. The summed E-state index contributed by atoms with van der Waals surface area (Å²) >= 11 is 6.00. The second kappa shape index (κ2) is 10.9. The third kappa shape index (κ3) is 6.10. The molecule has 0 aromatic heterocycles. The minimum Gasteiger partial charge on any atom is -0.462 e. The summed E-state index contributed by atoms with van der Waals surface area (Å²) in [5.41, 5.74) is 1.20. The summed E-state index contributed by atoms with van der Waals surface area (Å²) in [7, 11) is 0. The maximum Gasteiger partial charge on any atom is 0.344 e. The van der Waals surface area contributed by atoms with Crippen LogP contribution in [0.25, 0.3) is 0 Å². The van der Waals surface area contributed by atoms with E-state index in [-0.39, 0.29) is 11.1 Å². The standard InChI is InChI=1S/C23H27ClO4/c1-4-6-9-17(5-2)15-27-22(25)19-10-7-8-11-20(19)23(26)28-18-12-13-21(24)16(3)14-18/h7-8,10-14,17H,4-6,9,15H2,1-3H3. The number of carbonyl (C=O) groups is 2. The molecule has 0 N–H and O–H groups in total. The Labute approximate surface area is 171 Å². The molecule has 0 saturated heterocycles. The Balaban J connectivity index is 2.09. The topological polar surface area (TPSA) is 52.6 Å². The predicted molar refractivity (Wildman–Crippen MR) is 111 cm³/mol. The van der Waals surface area contributed by atoms with Crippen molar-refractivity contribution < 1.29 is 19.1 Å². The summed E-state index contributed by atoms with van der Waals surface area (Å²) in [4.78, 5) is 25.2. The maximum atomic E-state index is 12.6. The SMILES string of the molecule is CCCCC(CC)COC(=O)c1ccccc1C(=O)Oc1ccc(Cl)c(C)c1. The van der Waals surface area contributed by atoms with Crippen molar-refractivity contribution in [2.75, 3.05) is 6.61 Å². The predicted octanol–water partition coefficient (Wildman–Crippen LogP) is 6.24. The van der Waals surface area contributed by atoms with Crippen LogP contribution in [0, 0.1) is 12.8 Å². The molecular weight excluding hydrogens is 376 g/mol. The van der Waals surface area contributed by atoms with Gasteiger partial charge in [-0.25, -0.2) is 9.59 Å². The van der Waals surface area contributed by atoms with Crippen molar-refractivity contribution in [3.63, 3.8) is 0 Å². The van der Waals surface area contributed by atoms with Crippen molar-refractivity contribution in [2.24, 2.45) is 5.92 Å². The lowest BCUT2D eigenvalue weighted by Crippen LogP contribution is -2.18. The van der Waals surface area contributed by atoms with Crippen LogP contribution >= 0.6 is 11.6 Å². The van der Waals surface area contributed by atoms with E-state index in [0.717, 1.165) is 31.2 Å². The minimum atomic E-state index is -0.604. The van der Waals surface area contributed by atoms with E-state index in [0.29, 0.717) is 23.3 Å². The first kappa shape index (κ1) is 22.0. The van der Waals surface area contributed by atoms with Crippen LogP contribution in [-0.2, 0) is 4.74 Å². The number of ether oxygens (including phenoxy) is 2. The summed E-state index contributed by atoms with van der Waals surface area (Å²) in [6.07, 6.45) is 4.20. The quantitative estimate of drug-likeness (QED) is 0.368. The monoisotopic (exact) mass is 402 g/mol. The molecule has 1 atom stereocenters. The molecule has 0 aliphatic rings. The highest BCUT2D eigenvalue weighted by molar-refractivity contribution is 6.31. The number of rotatable bonds is 9. The molecule has 0 radical (unpaired) electrons. The molecule has 28 heavy (non-hydrogen) atoms. The van der Waals surface area contributed by atoms with Gasteiger partial charge in [-0.05, 0) is 55.2 Å². The number of benzene rings is 2. The Morgan fingerprint density at radius 2 is 1.71 bits per heavy atom. The molecule has 0 aliphatic carbocycles. The van der Waals surface area contributed by atoms with Crippen molar-refractivity contribution in [1.82, 2.24) is 0 Å². The van der Waals surface area contributed by atoms with Gasteiger partial charge in [-0.2, -0.15) is 0 Å². The van der Waals surface area contributed by atoms with Gasteiger partial charge in [-0.15, -0.1) is 0 Å². The molecule has 0 bridgehead atoms. The van der Waals surface area contributed by atoms with E-state index >= 15 is 0 Å². The molecule has 2 aromatic carbocycles. The number of unbranched alkanes of at least 4 members (excludes halogenated alkanes) is 1. The third-order valence-electron chi connectivity index (χ3n) is 4.70. The van der Waals surface area contributed by atoms with Crippen molar-refractivity contribution >= 4 is 23.5 Å². The van der Waals surface area contributed by atoms with E-state index in [9.17, 15) is 9.59 Å². The number of aryl methyl sites for hydroxylation is 1. The van der Waals surface area contributed by atoms with Crippen LogP contribution in [-0.4, -0.2) is 18.5 Å². The van der Waals surface area contributed by atoms with Crippen LogP contribution in [0.3, 0.4) is 0 Å². The molecule has 2 aromatic rings. The first-order chi connectivity index (χ1) is 13.5. The molecular formula is C23H27ClO4. The van der Waals surface area contributed by atoms with Crippen LogP contribution in [0.2, 0.25) is 5.02 Å². The summed E-state index contributed by atoms with van der Waals surface area (Å²) in [5.74, 6) is -0.400. The van der Waals surface area contributed by atoms with Gasteiger partial charge in [0.15, 0.2) is 0 Å². The average molecular weight is 403 g/mol. The Morgan fingerprint density at radius 1 is 1.04 bits per heavy atom. The molecule has 4 nitrogen and oxygen atoms in total. The highest BCUT2D eigenvalue weighted by Crippen LogP contribution is 2.23. The molecule has 0 aliphatic heterocycles. The zero-order valence-electron chi connectivity index (χ0n) is 16.7. The van der Waals surface area contributed by atoms with E-state index in [1.807, 2.05) is 6.92 Å². The Hall–Kier alpha value is -2.33. The molecule has 0 amide bonds. The van der Waals surface area contributed by atoms with E-state index in [1.54, 1.807) is 42.5 Å². The zero-order chi connectivity index (χ0) is 20.5. The number of carbonyl (C=O) groups excluding carboxylic acids is 2. The second-order valence-corrected chi connectivity index (χ2v) is 7.27. The fourth-order valence-electron chi connectivity index (χ4n) is 2.85. The summed E-state index contributed by atoms with van der Waals surface area (Å²) in [6, 6.07) is 11.5. The fourth-order valence-corrected chi connectivity index (χ4v) is 2.97. The van der Waals surface area contributed by atoms with Crippen molar-refractivity contribution in [3.05, 3.63) is 64.2 Å². The fraction of sp³-hybridized carbons (Fsp3) is 0.391. The van der Waals surface area contributed by atoms with E-state index < -0.39 is 11.9 Å². The summed E-state index contributed by atoms with van der Waals surface area (Å²) < 4.78 is 10.9. The molecule has 0 saturated carbocycles. The first-order valence-electron chi connectivity index (χ1n) is 9.70. The van der Waals surface area contributed by atoms with E-state index in [4.69, 9.17) is 21.1 Å². The van der Waals surface area contributed by atoms with Crippen molar-refractivity contribution in [3.8, 4) is 5.75 Å². The zero-order valence-corrected chi connectivity index (χ0v) is 17.4. The van der Waals surface area contributed by atoms with E-state index in [2.05, 4.69) is 13.8 Å². The highest BCUT2D eigenvalue weighted by Gasteiger charge is 2.20. The van der Waals surface area contributed by atoms with Crippen LogP contribution in [0.4, 0.5) is 0 Å². The minimum absolute atomic E-state index is 0.182. The van der Waals surface area contributed by atoms with Gasteiger partial charge in [-0.3, -0.25) is 0 Å². The Bertz CT molecular complexity index is 816. The number of halogens is 1. The van der Waals surface area contributed by atoms with Gasteiger partial charge in [0, 0.05) is 5.02 Å². The smallest absolute Gasteiger partial charge is 0.344 e. The maximum absolute atomic E-state index is 12.6. The number of esters is 2. The molecule has 150 valence electrons. The van der Waals surface area contributed by atoms with Gasteiger partial charge >= 0.3 is 11.9 Å². The van der Waals surface area contributed by atoms with Gasteiger partial charge < -0.3 is 9.47 Å². The molecule has 5 heteroatoms. The lowest BCUT2D eigenvalue weighted by molar-refractivity contribution is 0.0422. The van der Waals surface area contributed by atoms with Gasteiger partial charge in [0.25, 0.3) is 0 Å². The van der Waals surface area contributed by atoms with Gasteiger partial charge in [-0.1, -0.05) is 56.8 Å². The van der Waals surface area contributed by atoms with Gasteiger partial charge in [0.05, 0.1) is 17.7 Å². The Morgan fingerprint density at radius 3 is 2.32 bits per heavy atom. The molecule has 2 rings (SSSR count). The molecule has 0 spiro atoms. The number of hydrogen-bond donors (Lipinski definition) is 0. The lowest BCUT2D eigenvalue weighted by atomic mass is 10.0. The van der Waals surface area contributed by atoms with Crippen LogP contribution in [0.15, 0.2) is 42.5 Å². The Kier molecular flexibility index (Phi) is 8.52. The lowest BCUT2D eigenvalue weighted by Gasteiger charge is -2.15. The molecule has 1 unspecified atom stereocenters. The second-order valence-electron chi connectivity index (χ2n) is 6.86. The molecule has 0 heterocycles. The van der Waals surface area contributed by atoms with Crippen LogP contribution in [0.5, 0.6) is 5.75 Å². The van der Waals surface area contributed by atoms with E-state index in [1.165, 1.54) is 0 Å². The number of hydrogen-bond acceptors (Lipinski definition) is 4. The van der Waals surface area contributed by atoms with Crippen molar-refractivity contribution in [2.45, 2.75) is 46.5 Å². The van der Waals surface area contributed by atoms with Crippen molar-refractivity contribution in [1.29, 1.82) is 0 Å². The summed E-state index contributed by atoms with van der Waals surface area (Å²) in [5, 5.41) is 0.595. The van der Waals surface area contributed by atoms with Crippen LogP contribution < -0.4 is 4.74 Å². The third-order valence-corrected chi connectivity index (χ3v) is 5.12. The highest BCUT2D eigenvalue weighted by atomic mass is 35.5. The average Bonchev–Trinajstić information content (AvgIpc) is 2.70.